The van der Waals surface area contributed by atoms with Gasteiger partial charge in [-0.1, -0.05) is 6.92 Å². The van der Waals surface area contributed by atoms with Gasteiger partial charge in [0.05, 0.1) is 6.54 Å². The smallest absolute Gasteiger partial charge is 0.234 e. The van der Waals surface area contributed by atoms with E-state index in [2.05, 4.69) is 24.1 Å². The molecule has 0 aromatic rings. The zero-order chi connectivity index (χ0) is 12.0. The lowest BCUT2D eigenvalue weighted by atomic mass is 9.91. The van der Waals surface area contributed by atoms with Gasteiger partial charge in [0, 0.05) is 12.6 Å². The number of nitrogens with one attached hydrogen (secondary N) is 1. The van der Waals surface area contributed by atoms with Crippen molar-refractivity contribution in [3.8, 4) is 0 Å². The lowest BCUT2D eigenvalue weighted by Crippen LogP contribution is -2.44. The summed E-state index contributed by atoms with van der Waals surface area (Å²) in [6.45, 7) is 7.49. The van der Waals surface area contributed by atoms with E-state index in [1.165, 1.54) is 0 Å². The number of rotatable bonds is 5. The largest absolute Gasteiger partial charge is 0.355 e. The molecule has 94 valence electrons. The van der Waals surface area contributed by atoms with Gasteiger partial charge in [0.2, 0.25) is 5.91 Å². The minimum absolute atomic E-state index is 0.154. The van der Waals surface area contributed by atoms with Gasteiger partial charge in [-0.05, 0) is 45.2 Å². The summed E-state index contributed by atoms with van der Waals surface area (Å²) in [4.78, 5) is 13.7. The van der Waals surface area contributed by atoms with E-state index in [0.29, 0.717) is 12.5 Å². The first-order chi connectivity index (χ1) is 7.63. The van der Waals surface area contributed by atoms with E-state index < -0.39 is 0 Å². The highest BCUT2D eigenvalue weighted by atomic mass is 16.2. The maximum absolute atomic E-state index is 11.5. The molecule has 0 radical (unpaired) electrons. The molecule has 1 unspecified atom stereocenters. The molecule has 0 bridgehead atoms. The van der Waals surface area contributed by atoms with Crippen LogP contribution in [0.5, 0.6) is 0 Å². The Morgan fingerprint density at radius 1 is 1.50 bits per heavy atom. The van der Waals surface area contributed by atoms with Crippen molar-refractivity contribution in [3.63, 3.8) is 0 Å². The van der Waals surface area contributed by atoms with Crippen LogP contribution in [0, 0.1) is 5.92 Å². The highest BCUT2D eigenvalue weighted by Gasteiger charge is 2.22. The zero-order valence-electron chi connectivity index (χ0n) is 10.5. The molecule has 1 heterocycles. The monoisotopic (exact) mass is 227 g/mol. The van der Waals surface area contributed by atoms with E-state index in [9.17, 15) is 4.79 Å². The van der Waals surface area contributed by atoms with E-state index in [-0.39, 0.29) is 11.9 Å². The molecular formula is C12H25N3O. The Balaban J connectivity index is 2.19. The van der Waals surface area contributed by atoms with Gasteiger partial charge in [0.15, 0.2) is 0 Å². The van der Waals surface area contributed by atoms with Crippen LogP contribution in [-0.2, 0) is 4.79 Å². The number of nitrogens with zero attached hydrogens (tertiary/aromatic N) is 1. The zero-order valence-corrected chi connectivity index (χ0v) is 10.5. The number of amides is 1. The summed E-state index contributed by atoms with van der Waals surface area (Å²) in [5.74, 6) is 0.788. The minimum atomic E-state index is 0.154. The molecule has 0 spiro atoms. The third-order valence-corrected chi connectivity index (χ3v) is 3.32. The van der Waals surface area contributed by atoms with Gasteiger partial charge in [-0.25, -0.2) is 0 Å². The standard InChI is InChI=1S/C12H25N3O/c1-3-6-14-12(16)9-15-7-4-11(5-8-15)10(2)13/h10-11H,3-9,13H2,1-2H3,(H,14,16). The van der Waals surface area contributed by atoms with Crippen molar-refractivity contribution in [1.82, 2.24) is 10.2 Å². The predicted octanol–water partition coefficient (Wildman–Crippen LogP) is 0.572. The first-order valence-corrected chi connectivity index (χ1v) is 6.38. The Morgan fingerprint density at radius 3 is 2.62 bits per heavy atom. The van der Waals surface area contributed by atoms with Crippen molar-refractivity contribution in [3.05, 3.63) is 0 Å². The lowest BCUT2D eigenvalue weighted by molar-refractivity contribution is -0.122. The van der Waals surface area contributed by atoms with E-state index in [4.69, 9.17) is 5.73 Å². The summed E-state index contributed by atoms with van der Waals surface area (Å²) >= 11 is 0. The Bertz CT molecular complexity index is 210. The number of nitrogens with two attached hydrogens (primary N) is 1. The Hall–Kier alpha value is -0.610. The Morgan fingerprint density at radius 2 is 2.12 bits per heavy atom. The fraction of sp³-hybridized carbons (Fsp3) is 0.917. The molecule has 1 fully saturated rings. The highest BCUT2D eigenvalue weighted by molar-refractivity contribution is 5.77. The van der Waals surface area contributed by atoms with Crippen molar-refractivity contribution in [2.45, 2.75) is 39.2 Å². The second-order valence-electron chi connectivity index (χ2n) is 4.82. The molecule has 1 aliphatic rings. The van der Waals surface area contributed by atoms with Crippen LogP contribution >= 0.6 is 0 Å². The molecular weight excluding hydrogens is 202 g/mol. The topological polar surface area (TPSA) is 58.4 Å². The molecule has 1 rings (SSSR count). The van der Waals surface area contributed by atoms with Crippen LogP contribution in [0.25, 0.3) is 0 Å². The third kappa shape index (κ3) is 4.49. The first-order valence-electron chi connectivity index (χ1n) is 6.38. The molecule has 4 nitrogen and oxygen atoms in total. The van der Waals surface area contributed by atoms with Crippen LogP contribution in [0.4, 0.5) is 0 Å². The van der Waals surface area contributed by atoms with E-state index in [1.807, 2.05) is 0 Å². The van der Waals surface area contributed by atoms with E-state index in [1.54, 1.807) is 0 Å². The van der Waals surface area contributed by atoms with Crippen LogP contribution in [0.2, 0.25) is 0 Å². The molecule has 1 saturated heterocycles. The fourth-order valence-corrected chi connectivity index (χ4v) is 2.16. The van der Waals surface area contributed by atoms with Crippen molar-refractivity contribution in [1.29, 1.82) is 0 Å². The van der Waals surface area contributed by atoms with Crippen LogP contribution in [0.3, 0.4) is 0 Å². The number of hydrogen-bond donors (Lipinski definition) is 2. The van der Waals surface area contributed by atoms with E-state index >= 15 is 0 Å². The normalized spacial score (nSPS) is 20.7. The molecule has 0 saturated carbocycles. The first kappa shape index (κ1) is 13.5. The Labute approximate surface area is 98.6 Å². The number of hydrogen-bond acceptors (Lipinski definition) is 3. The summed E-state index contributed by atoms with van der Waals surface area (Å²) in [7, 11) is 0. The summed E-state index contributed by atoms with van der Waals surface area (Å²) in [5.41, 5.74) is 5.88. The maximum atomic E-state index is 11.5. The number of carbonyl (C=O) groups excluding carboxylic acids is 1. The average Bonchev–Trinajstić information content (AvgIpc) is 2.27. The van der Waals surface area contributed by atoms with E-state index in [0.717, 1.165) is 38.9 Å². The third-order valence-electron chi connectivity index (χ3n) is 3.32. The predicted molar refractivity (Wildman–Crippen MR) is 66.1 cm³/mol. The summed E-state index contributed by atoms with van der Waals surface area (Å²) in [6.07, 6.45) is 3.25. The molecule has 3 N–H and O–H groups in total. The van der Waals surface area contributed by atoms with Gasteiger partial charge in [-0.15, -0.1) is 0 Å². The van der Waals surface area contributed by atoms with Crippen molar-refractivity contribution < 1.29 is 4.79 Å². The van der Waals surface area contributed by atoms with Crippen molar-refractivity contribution >= 4 is 5.91 Å². The van der Waals surface area contributed by atoms with Gasteiger partial charge in [0.25, 0.3) is 0 Å². The number of carbonyl (C=O) groups is 1. The molecule has 1 aliphatic heterocycles. The molecule has 16 heavy (non-hydrogen) atoms. The van der Waals surface area contributed by atoms with Crippen LogP contribution < -0.4 is 11.1 Å². The molecule has 0 aliphatic carbocycles. The second kappa shape index (κ2) is 6.86. The lowest BCUT2D eigenvalue weighted by Gasteiger charge is -2.33. The van der Waals surface area contributed by atoms with Gasteiger partial charge in [0.1, 0.15) is 0 Å². The summed E-state index contributed by atoms with van der Waals surface area (Å²) < 4.78 is 0. The van der Waals surface area contributed by atoms with Crippen LogP contribution in [-0.4, -0.2) is 43.0 Å². The maximum Gasteiger partial charge on any atom is 0.234 e. The quantitative estimate of drug-likeness (QED) is 0.722. The fourth-order valence-electron chi connectivity index (χ4n) is 2.16. The SMILES string of the molecule is CCCNC(=O)CN1CCC(C(C)N)CC1. The molecule has 1 amide bonds. The van der Waals surface area contributed by atoms with Crippen molar-refractivity contribution in [2.24, 2.45) is 11.7 Å². The van der Waals surface area contributed by atoms with Crippen LogP contribution in [0.1, 0.15) is 33.1 Å². The summed E-state index contributed by atoms with van der Waals surface area (Å²) in [6, 6.07) is 0.288. The minimum Gasteiger partial charge on any atom is -0.355 e. The van der Waals surface area contributed by atoms with Gasteiger partial charge in [-0.3, -0.25) is 9.69 Å². The molecule has 0 aromatic heterocycles. The Kier molecular flexibility index (Phi) is 5.77. The number of piperidine rings is 1. The van der Waals surface area contributed by atoms with Gasteiger partial charge < -0.3 is 11.1 Å². The summed E-state index contributed by atoms with van der Waals surface area (Å²) in [5, 5.41) is 2.91. The van der Waals surface area contributed by atoms with Gasteiger partial charge >= 0.3 is 0 Å². The van der Waals surface area contributed by atoms with Gasteiger partial charge in [-0.2, -0.15) is 0 Å². The molecule has 0 aromatic carbocycles. The molecule has 4 heteroatoms. The molecule has 1 atom stereocenters. The second-order valence-corrected chi connectivity index (χ2v) is 4.82. The van der Waals surface area contributed by atoms with Crippen molar-refractivity contribution in [2.75, 3.05) is 26.2 Å². The van der Waals surface area contributed by atoms with Crippen LogP contribution in [0.15, 0.2) is 0 Å². The number of likely N-dealkylation sites (tertiary alicyclic amines) is 1. The highest BCUT2D eigenvalue weighted by Crippen LogP contribution is 2.18. The average molecular weight is 227 g/mol.